The first-order valence-corrected chi connectivity index (χ1v) is 5.23. The summed E-state index contributed by atoms with van der Waals surface area (Å²) in [5.74, 6) is 1.01. The predicted molar refractivity (Wildman–Crippen MR) is 63.0 cm³/mol. The van der Waals surface area contributed by atoms with Gasteiger partial charge in [0.1, 0.15) is 17.2 Å². The lowest BCUT2D eigenvalue weighted by Crippen LogP contribution is -1.93. The van der Waals surface area contributed by atoms with Gasteiger partial charge in [-0.2, -0.15) is 5.26 Å². The lowest BCUT2D eigenvalue weighted by Gasteiger charge is -2.07. The van der Waals surface area contributed by atoms with Gasteiger partial charge in [0.05, 0.1) is 11.6 Å². The molecule has 4 nitrogen and oxygen atoms in total. The minimum Gasteiger partial charge on any atom is -0.439 e. The molecule has 0 fully saturated rings. The molecular formula is C12H8ClN3O. The lowest BCUT2D eigenvalue weighted by molar-refractivity contribution is 0.457. The van der Waals surface area contributed by atoms with E-state index in [4.69, 9.17) is 21.6 Å². The van der Waals surface area contributed by atoms with Crippen molar-refractivity contribution in [2.45, 2.75) is 6.92 Å². The highest BCUT2D eigenvalue weighted by atomic mass is 35.5. The van der Waals surface area contributed by atoms with E-state index < -0.39 is 0 Å². The highest BCUT2D eigenvalue weighted by Gasteiger charge is 2.07. The molecule has 0 unspecified atom stereocenters. The number of aromatic nitrogens is 2. The molecule has 17 heavy (non-hydrogen) atoms. The van der Waals surface area contributed by atoms with Crippen LogP contribution in [-0.2, 0) is 0 Å². The van der Waals surface area contributed by atoms with Crippen molar-refractivity contribution in [3.05, 3.63) is 46.9 Å². The van der Waals surface area contributed by atoms with Gasteiger partial charge < -0.3 is 4.74 Å². The van der Waals surface area contributed by atoms with E-state index in [0.29, 0.717) is 27.9 Å². The summed E-state index contributed by atoms with van der Waals surface area (Å²) in [5, 5.41) is 9.03. The van der Waals surface area contributed by atoms with Crippen LogP contribution in [0.3, 0.4) is 0 Å². The quantitative estimate of drug-likeness (QED) is 0.763. The Hall–Kier alpha value is -2.12. The molecule has 0 atom stereocenters. The molecule has 2 rings (SSSR count). The zero-order chi connectivity index (χ0) is 12.3. The van der Waals surface area contributed by atoms with Gasteiger partial charge in [0.15, 0.2) is 0 Å². The summed E-state index contributed by atoms with van der Waals surface area (Å²) in [4.78, 5) is 7.83. The van der Waals surface area contributed by atoms with Gasteiger partial charge in [-0.25, -0.2) is 9.97 Å². The first kappa shape index (κ1) is 11.4. The van der Waals surface area contributed by atoms with Crippen molar-refractivity contribution >= 4 is 11.6 Å². The molecule has 0 aliphatic heterocycles. The Morgan fingerprint density at radius 3 is 2.59 bits per heavy atom. The highest BCUT2D eigenvalue weighted by molar-refractivity contribution is 6.30. The average molecular weight is 246 g/mol. The number of hydrogen-bond acceptors (Lipinski definition) is 4. The first-order chi connectivity index (χ1) is 8.20. The van der Waals surface area contributed by atoms with Crippen molar-refractivity contribution in [1.82, 2.24) is 9.97 Å². The predicted octanol–water partition coefficient (Wildman–Crippen LogP) is 3.10. The van der Waals surface area contributed by atoms with Crippen LogP contribution in [-0.4, -0.2) is 9.97 Å². The van der Waals surface area contributed by atoms with Gasteiger partial charge in [-0.3, -0.25) is 0 Å². The minimum atomic E-state index is 0.364. The molecule has 0 aliphatic carbocycles. The van der Waals surface area contributed by atoms with Crippen LogP contribution in [0.2, 0.25) is 5.15 Å². The van der Waals surface area contributed by atoms with Crippen molar-refractivity contribution < 1.29 is 4.74 Å². The molecule has 1 aromatic heterocycles. The molecule has 1 heterocycles. The second-order valence-electron chi connectivity index (χ2n) is 3.33. The molecule has 0 amide bonds. The molecule has 0 N–H and O–H groups in total. The molecule has 0 spiro atoms. The van der Waals surface area contributed by atoms with Crippen LogP contribution in [0.4, 0.5) is 0 Å². The number of ether oxygens (including phenoxy) is 1. The number of halogens is 1. The fourth-order valence-corrected chi connectivity index (χ4v) is 1.35. The molecule has 0 saturated heterocycles. The second-order valence-corrected chi connectivity index (χ2v) is 3.69. The summed E-state index contributed by atoms with van der Waals surface area (Å²) in [5.41, 5.74) is 1.26. The van der Waals surface area contributed by atoms with Crippen molar-refractivity contribution in [2.24, 2.45) is 0 Å². The van der Waals surface area contributed by atoms with Crippen LogP contribution in [0.5, 0.6) is 11.6 Å². The van der Waals surface area contributed by atoms with E-state index in [2.05, 4.69) is 9.97 Å². The molecule has 2 aromatic rings. The third-order valence-electron chi connectivity index (χ3n) is 2.17. The van der Waals surface area contributed by atoms with Crippen LogP contribution in [0.25, 0.3) is 0 Å². The summed E-state index contributed by atoms with van der Waals surface area (Å²) in [6.45, 7) is 1.78. The topological polar surface area (TPSA) is 58.8 Å². The van der Waals surface area contributed by atoms with Gasteiger partial charge >= 0.3 is 0 Å². The van der Waals surface area contributed by atoms with E-state index in [-0.39, 0.29) is 0 Å². The molecule has 0 radical (unpaired) electrons. The van der Waals surface area contributed by atoms with E-state index in [1.807, 2.05) is 6.07 Å². The Kier molecular flexibility index (Phi) is 3.22. The van der Waals surface area contributed by atoms with Crippen molar-refractivity contribution in [1.29, 1.82) is 5.26 Å². The maximum absolute atomic E-state index is 8.67. The van der Waals surface area contributed by atoms with Crippen molar-refractivity contribution in [3.8, 4) is 17.7 Å². The van der Waals surface area contributed by atoms with Gasteiger partial charge in [-0.05, 0) is 31.2 Å². The van der Waals surface area contributed by atoms with Crippen molar-refractivity contribution in [2.75, 3.05) is 0 Å². The van der Waals surface area contributed by atoms with Crippen LogP contribution < -0.4 is 4.74 Å². The molecule has 84 valence electrons. The van der Waals surface area contributed by atoms with Crippen LogP contribution >= 0.6 is 11.6 Å². The van der Waals surface area contributed by atoms with Gasteiger partial charge in [-0.15, -0.1) is 0 Å². The Labute approximate surface area is 103 Å². The third-order valence-corrected chi connectivity index (χ3v) is 2.56. The summed E-state index contributed by atoms with van der Waals surface area (Å²) in [6.07, 6.45) is 1.34. The van der Waals surface area contributed by atoms with Gasteiger partial charge in [-0.1, -0.05) is 11.6 Å². The van der Waals surface area contributed by atoms with Crippen LogP contribution in [0, 0.1) is 18.3 Å². The Bertz CT molecular complexity index is 575. The maximum Gasteiger partial charge on any atom is 0.226 e. The van der Waals surface area contributed by atoms with E-state index in [1.165, 1.54) is 6.33 Å². The minimum absolute atomic E-state index is 0.364. The smallest absolute Gasteiger partial charge is 0.226 e. The largest absolute Gasteiger partial charge is 0.439 e. The zero-order valence-corrected chi connectivity index (χ0v) is 9.77. The molecule has 0 aliphatic rings. The number of nitriles is 1. The SMILES string of the molecule is Cc1c(Cl)ncnc1Oc1ccc(C#N)cc1. The van der Waals surface area contributed by atoms with E-state index in [0.717, 1.165) is 0 Å². The number of benzene rings is 1. The summed E-state index contributed by atoms with van der Waals surface area (Å²) >= 11 is 5.85. The zero-order valence-electron chi connectivity index (χ0n) is 9.01. The number of nitrogens with zero attached hydrogens (tertiary/aromatic N) is 3. The lowest BCUT2D eigenvalue weighted by atomic mass is 10.2. The summed E-state index contributed by atoms with van der Waals surface area (Å²) in [6, 6.07) is 8.79. The Balaban J connectivity index is 2.26. The van der Waals surface area contributed by atoms with Crippen LogP contribution in [0.1, 0.15) is 11.1 Å². The summed E-state index contributed by atoms with van der Waals surface area (Å²) < 4.78 is 5.54. The fraction of sp³-hybridized carbons (Fsp3) is 0.0833. The van der Waals surface area contributed by atoms with E-state index >= 15 is 0 Å². The fourth-order valence-electron chi connectivity index (χ4n) is 1.23. The number of rotatable bonds is 2. The van der Waals surface area contributed by atoms with Gasteiger partial charge in [0.25, 0.3) is 0 Å². The molecular weight excluding hydrogens is 238 g/mol. The third kappa shape index (κ3) is 2.52. The van der Waals surface area contributed by atoms with E-state index in [9.17, 15) is 0 Å². The van der Waals surface area contributed by atoms with Crippen LogP contribution in [0.15, 0.2) is 30.6 Å². The Morgan fingerprint density at radius 2 is 1.94 bits per heavy atom. The van der Waals surface area contributed by atoms with Gasteiger partial charge in [0, 0.05) is 5.56 Å². The highest BCUT2D eigenvalue weighted by Crippen LogP contribution is 2.25. The molecule has 0 saturated carbocycles. The second kappa shape index (κ2) is 4.81. The van der Waals surface area contributed by atoms with E-state index in [1.54, 1.807) is 31.2 Å². The Morgan fingerprint density at radius 1 is 1.24 bits per heavy atom. The number of hydrogen-bond donors (Lipinski definition) is 0. The standard InChI is InChI=1S/C12H8ClN3O/c1-8-11(13)15-7-16-12(8)17-10-4-2-9(6-14)3-5-10/h2-5,7H,1H3. The first-order valence-electron chi connectivity index (χ1n) is 4.86. The molecule has 0 bridgehead atoms. The maximum atomic E-state index is 8.67. The van der Waals surface area contributed by atoms with Crippen molar-refractivity contribution in [3.63, 3.8) is 0 Å². The monoisotopic (exact) mass is 245 g/mol. The van der Waals surface area contributed by atoms with Gasteiger partial charge in [0.2, 0.25) is 5.88 Å². The molecule has 5 heteroatoms. The summed E-state index contributed by atoms with van der Waals surface area (Å²) in [7, 11) is 0. The average Bonchev–Trinajstić information content (AvgIpc) is 2.36. The molecule has 1 aromatic carbocycles. The normalized spacial score (nSPS) is 9.71.